The fourth-order valence-electron chi connectivity index (χ4n) is 1.62. The summed E-state index contributed by atoms with van der Waals surface area (Å²) in [6, 6.07) is 17.6. The van der Waals surface area contributed by atoms with E-state index in [4.69, 9.17) is 5.73 Å². The van der Waals surface area contributed by atoms with Crippen LogP contribution in [0.15, 0.2) is 54.6 Å². The van der Waals surface area contributed by atoms with Crippen molar-refractivity contribution in [3.8, 4) is 0 Å². The summed E-state index contributed by atoms with van der Waals surface area (Å²) >= 11 is 0. The van der Waals surface area contributed by atoms with E-state index in [1.807, 2.05) is 30.3 Å². The van der Waals surface area contributed by atoms with Gasteiger partial charge < -0.3 is 5.73 Å². The third-order valence-electron chi connectivity index (χ3n) is 2.49. The maximum absolute atomic E-state index is 10.9. The molecular formula is C14H13NO. The Morgan fingerprint density at radius 3 is 2.00 bits per heavy atom. The van der Waals surface area contributed by atoms with E-state index >= 15 is 0 Å². The topological polar surface area (TPSA) is 43.1 Å². The molecule has 2 aromatic carbocycles. The van der Waals surface area contributed by atoms with Gasteiger partial charge in [-0.3, -0.25) is 4.79 Å². The number of hydrogen-bond donors (Lipinski definition) is 1. The Bertz CT molecular complexity index is 474. The van der Waals surface area contributed by atoms with Crippen LogP contribution >= 0.6 is 0 Å². The van der Waals surface area contributed by atoms with Gasteiger partial charge in [-0.1, -0.05) is 42.5 Å². The molecule has 0 unspecified atom stereocenters. The zero-order valence-corrected chi connectivity index (χ0v) is 8.89. The molecule has 0 aliphatic carbocycles. The summed E-state index contributed by atoms with van der Waals surface area (Å²) in [5, 5.41) is 0. The van der Waals surface area contributed by atoms with Crippen LogP contribution in [0.2, 0.25) is 0 Å². The summed E-state index contributed by atoms with van der Waals surface area (Å²) < 4.78 is 0. The second kappa shape index (κ2) is 4.62. The quantitative estimate of drug-likeness (QED) is 0.832. The first kappa shape index (κ1) is 10.4. The Morgan fingerprint density at radius 1 is 0.875 bits per heavy atom. The first-order chi connectivity index (χ1) is 7.75. The fourth-order valence-corrected chi connectivity index (χ4v) is 1.62. The molecule has 2 N–H and O–H groups in total. The number of carbonyl (C=O) groups excluding carboxylic acids is 1. The maximum atomic E-state index is 10.9. The minimum atomic E-state index is -0.383. The summed E-state index contributed by atoms with van der Waals surface area (Å²) in [4.78, 5) is 10.9. The largest absolute Gasteiger partial charge is 0.366 e. The van der Waals surface area contributed by atoms with Gasteiger partial charge >= 0.3 is 0 Å². The third kappa shape index (κ3) is 2.48. The molecule has 0 bridgehead atoms. The molecule has 0 atom stereocenters. The van der Waals surface area contributed by atoms with E-state index in [0.29, 0.717) is 5.56 Å². The molecule has 1 amide bonds. The summed E-state index contributed by atoms with van der Waals surface area (Å²) in [5.41, 5.74) is 8.17. The van der Waals surface area contributed by atoms with Crippen molar-refractivity contribution in [2.45, 2.75) is 6.42 Å². The third-order valence-corrected chi connectivity index (χ3v) is 2.49. The van der Waals surface area contributed by atoms with Crippen molar-refractivity contribution >= 4 is 5.91 Å². The Kier molecular flexibility index (Phi) is 3.01. The number of rotatable bonds is 3. The molecule has 0 spiro atoms. The van der Waals surface area contributed by atoms with Gasteiger partial charge in [-0.2, -0.15) is 0 Å². The Labute approximate surface area is 94.7 Å². The van der Waals surface area contributed by atoms with E-state index in [2.05, 4.69) is 12.1 Å². The number of nitrogens with two attached hydrogens (primary N) is 1. The first-order valence-corrected chi connectivity index (χ1v) is 5.18. The molecule has 0 heterocycles. The minimum Gasteiger partial charge on any atom is -0.366 e. The van der Waals surface area contributed by atoms with Gasteiger partial charge in [0.15, 0.2) is 0 Å². The molecule has 0 radical (unpaired) electrons. The van der Waals surface area contributed by atoms with Gasteiger partial charge in [0.1, 0.15) is 0 Å². The molecule has 2 rings (SSSR count). The summed E-state index contributed by atoms with van der Waals surface area (Å²) in [6.45, 7) is 0. The van der Waals surface area contributed by atoms with Gasteiger partial charge in [-0.15, -0.1) is 0 Å². The minimum absolute atomic E-state index is 0.383. The van der Waals surface area contributed by atoms with Crippen molar-refractivity contribution in [2.24, 2.45) is 5.73 Å². The van der Waals surface area contributed by atoms with Gasteiger partial charge in [0.05, 0.1) is 0 Å². The lowest BCUT2D eigenvalue weighted by Crippen LogP contribution is -2.10. The maximum Gasteiger partial charge on any atom is 0.248 e. The van der Waals surface area contributed by atoms with Crippen molar-refractivity contribution < 1.29 is 4.79 Å². The smallest absolute Gasteiger partial charge is 0.248 e. The SMILES string of the molecule is NC(=O)c1ccc(Cc2ccccc2)cc1. The van der Waals surface area contributed by atoms with Crippen LogP contribution in [-0.2, 0) is 6.42 Å². The molecule has 2 nitrogen and oxygen atoms in total. The first-order valence-electron chi connectivity index (χ1n) is 5.18. The number of primary amides is 1. The lowest BCUT2D eigenvalue weighted by Gasteiger charge is -2.02. The highest BCUT2D eigenvalue weighted by Gasteiger charge is 2.00. The van der Waals surface area contributed by atoms with Crippen LogP contribution in [0.4, 0.5) is 0 Å². The predicted molar refractivity (Wildman–Crippen MR) is 64.2 cm³/mol. The molecule has 80 valence electrons. The number of amides is 1. The van der Waals surface area contributed by atoms with Crippen molar-refractivity contribution in [3.05, 3.63) is 71.3 Å². The normalized spacial score (nSPS) is 10.0. The van der Waals surface area contributed by atoms with Crippen LogP contribution in [0.1, 0.15) is 21.5 Å². The lowest BCUT2D eigenvalue weighted by molar-refractivity contribution is 0.100. The van der Waals surface area contributed by atoms with Gasteiger partial charge in [0.2, 0.25) is 5.91 Å². The van der Waals surface area contributed by atoms with Crippen LogP contribution in [-0.4, -0.2) is 5.91 Å². The van der Waals surface area contributed by atoms with Crippen LogP contribution in [0, 0.1) is 0 Å². The van der Waals surface area contributed by atoms with E-state index in [-0.39, 0.29) is 5.91 Å². The van der Waals surface area contributed by atoms with E-state index in [0.717, 1.165) is 6.42 Å². The number of hydrogen-bond acceptors (Lipinski definition) is 1. The molecule has 0 saturated carbocycles. The van der Waals surface area contributed by atoms with Crippen LogP contribution in [0.3, 0.4) is 0 Å². The Hall–Kier alpha value is -2.09. The molecule has 16 heavy (non-hydrogen) atoms. The highest BCUT2D eigenvalue weighted by molar-refractivity contribution is 5.92. The van der Waals surface area contributed by atoms with Gasteiger partial charge in [0.25, 0.3) is 0 Å². The van der Waals surface area contributed by atoms with Crippen LogP contribution in [0.5, 0.6) is 0 Å². The Balaban J connectivity index is 2.14. The van der Waals surface area contributed by atoms with Gasteiger partial charge in [-0.25, -0.2) is 0 Å². The lowest BCUT2D eigenvalue weighted by atomic mass is 10.0. The van der Waals surface area contributed by atoms with E-state index in [1.165, 1.54) is 11.1 Å². The molecule has 0 aliphatic rings. The molecule has 0 fully saturated rings. The monoisotopic (exact) mass is 211 g/mol. The van der Waals surface area contributed by atoms with E-state index in [1.54, 1.807) is 12.1 Å². The van der Waals surface area contributed by atoms with E-state index in [9.17, 15) is 4.79 Å². The van der Waals surface area contributed by atoms with Crippen molar-refractivity contribution in [1.29, 1.82) is 0 Å². The molecular weight excluding hydrogens is 198 g/mol. The fraction of sp³-hybridized carbons (Fsp3) is 0.0714. The van der Waals surface area contributed by atoms with Crippen molar-refractivity contribution in [2.75, 3.05) is 0 Å². The second-order valence-corrected chi connectivity index (χ2v) is 3.72. The molecule has 2 heteroatoms. The highest BCUT2D eigenvalue weighted by atomic mass is 16.1. The summed E-state index contributed by atoms with van der Waals surface area (Å²) in [7, 11) is 0. The summed E-state index contributed by atoms with van der Waals surface area (Å²) in [5.74, 6) is -0.383. The molecule has 0 aliphatic heterocycles. The standard InChI is InChI=1S/C14H13NO/c15-14(16)13-8-6-12(7-9-13)10-11-4-2-1-3-5-11/h1-9H,10H2,(H2,15,16). The Morgan fingerprint density at radius 2 is 1.44 bits per heavy atom. The van der Waals surface area contributed by atoms with Crippen molar-refractivity contribution in [3.63, 3.8) is 0 Å². The van der Waals surface area contributed by atoms with Gasteiger partial charge in [0, 0.05) is 5.56 Å². The zero-order chi connectivity index (χ0) is 11.4. The second-order valence-electron chi connectivity index (χ2n) is 3.72. The van der Waals surface area contributed by atoms with Gasteiger partial charge in [-0.05, 0) is 29.7 Å². The van der Waals surface area contributed by atoms with Crippen LogP contribution < -0.4 is 5.73 Å². The van der Waals surface area contributed by atoms with Crippen molar-refractivity contribution in [1.82, 2.24) is 0 Å². The zero-order valence-electron chi connectivity index (χ0n) is 8.89. The predicted octanol–water partition coefficient (Wildman–Crippen LogP) is 2.38. The number of benzene rings is 2. The highest BCUT2D eigenvalue weighted by Crippen LogP contribution is 2.10. The number of carbonyl (C=O) groups is 1. The average molecular weight is 211 g/mol. The molecule has 0 saturated heterocycles. The molecule has 0 aromatic heterocycles. The van der Waals surface area contributed by atoms with Crippen LogP contribution in [0.25, 0.3) is 0 Å². The van der Waals surface area contributed by atoms with E-state index < -0.39 is 0 Å². The molecule has 2 aromatic rings. The average Bonchev–Trinajstić information content (AvgIpc) is 2.31. The summed E-state index contributed by atoms with van der Waals surface area (Å²) in [6.07, 6.45) is 0.875.